The molecule has 1 aliphatic heterocycles. The molecule has 6 nitrogen and oxygen atoms in total. The summed E-state index contributed by atoms with van der Waals surface area (Å²) >= 11 is 2.39. The summed E-state index contributed by atoms with van der Waals surface area (Å²) in [6.07, 6.45) is 2.50. The van der Waals surface area contributed by atoms with Crippen molar-refractivity contribution in [3.05, 3.63) is 134 Å². The van der Waals surface area contributed by atoms with Crippen LogP contribution in [0.4, 0.5) is 17.1 Å². The van der Waals surface area contributed by atoms with Gasteiger partial charge in [0.1, 0.15) is 0 Å². The standard InChI is InChI=1S/C28H21IN4O2/c29-26-12-5-4-11-25(26)28-18-27(31-32(28)23-9-2-1-3-10-23)21-7-6-8-22(17-21)30-19-20-13-15-24(16-14-20)33(34)35/h1-17,19,28H,18H2. The van der Waals surface area contributed by atoms with E-state index in [9.17, 15) is 10.1 Å². The highest BCUT2D eigenvalue weighted by Crippen LogP contribution is 2.38. The largest absolute Gasteiger partial charge is 0.269 e. The second kappa shape index (κ2) is 10.2. The molecule has 35 heavy (non-hydrogen) atoms. The summed E-state index contributed by atoms with van der Waals surface area (Å²) in [5.74, 6) is 0. The summed E-state index contributed by atoms with van der Waals surface area (Å²) in [6, 6.07) is 33.1. The van der Waals surface area contributed by atoms with Crippen LogP contribution in [0.2, 0.25) is 0 Å². The lowest BCUT2D eigenvalue weighted by Gasteiger charge is -2.24. The number of aliphatic imine (C=N–C) groups is 1. The number of rotatable bonds is 6. The highest BCUT2D eigenvalue weighted by molar-refractivity contribution is 14.1. The fourth-order valence-electron chi connectivity index (χ4n) is 4.09. The summed E-state index contributed by atoms with van der Waals surface area (Å²) in [5.41, 5.74) is 6.00. The minimum atomic E-state index is -0.408. The molecule has 172 valence electrons. The third-order valence-electron chi connectivity index (χ3n) is 5.84. The number of hydrogen-bond donors (Lipinski definition) is 0. The fourth-order valence-corrected chi connectivity index (χ4v) is 4.83. The van der Waals surface area contributed by atoms with E-state index < -0.39 is 4.92 Å². The molecule has 0 spiro atoms. The normalized spacial score (nSPS) is 15.4. The van der Waals surface area contributed by atoms with Gasteiger partial charge in [-0.15, -0.1) is 0 Å². The molecule has 0 amide bonds. The van der Waals surface area contributed by atoms with Gasteiger partial charge in [0, 0.05) is 28.3 Å². The summed E-state index contributed by atoms with van der Waals surface area (Å²) in [4.78, 5) is 15.0. The zero-order chi connectivity index (χ0) is 24.2. The maximum absolute atomic E-state index is 10.9. The van der Waals surface area contributed by atoms with Crippen LogP contribution in [0.3, 0.4) is 0 Å². The van der Waals surface area contributed by atoms with Crippen LogP contribution in [0.15, 0.2) is 113 Å². The van der Waals surface area contributed by atoms with Crippen LogP contribution in [0.1, 0.15) is 29.2 Å². The van der Waals surface area contributed by atoms with Crippen molar-refractivity contribution in [3.63, 3.8) is 0 Å². The van der Waals surface area contributed by atoms with Gasteiger partial charge in [-0.3, -0.25) is 20.1 Å². The molecule has 0 aliphatic carbocycles. The van der Waals surface area contributed by atoms with E-state index in [2.05, 4.69) is 75.1 Å². The predicted octanol–water partition coefficient (Wildman–Crippen LogP) is 7.31. The van der Waals surface area contributed by atoms with Gasteiger partial charge in [0.05, 0.1) is 28.1 Å². The molecular formula is C28H21IN4O2. The Bertz CT molecular complexity index is 1420. The molecule has 0 saturated carbocycles. The molecule has 0 saturated heterocycles. The first kappa shape index (κ1) is 22.9. The molecule has 0 N–H and O–H groups in total. The van der Waals surface area contributed by atoms with Crippen molar-refractivity contribution in [2.75, 3.05) is 5.01 Å². The van der Waals surface area contributed by atoms with Gasteiger partial charge in [0.15, 0.2) is 0 Å². The van der Waals surface area contributed by atoms with Gasteiger partial charge in [-0.1, -0.05) is 48.5 Å². The van der Waals surface area contributed by atoms with E-state index in [-0.39, 0.29) is 11.7 Å². The molecule has 0 aromatic heterocycles. The molecule has 1 atom stereocenters. The molecule has 1 aliphatic rings. The van der Waals surface area contributed by atoms with Crippen molar-refractivity contribution in [3.8, 4) is 0 Å². The van der Waals surface area contributed by atoms with Gasteiger partial charge in [-0.05, 0) is 81.7 Å². The fraction of sp³-hybridized carbons (Fsp3) is 0.0714. The molecule has 0 radical (unpaired) electrons. The van der Waals surface area contributed by atoms with Crippen LogP contribution in [0.25, 0.3) is 0 Å². The van der Waals surface area contributed by atoms with Gasteiger partial charge in [0.2, 0.25) is 0 Å². The van der Waals surface area contributed by atoms with Gasteiger partial charge in [-0.25, -0.2) is 0 Å². The Morgan fingerprint density at radius 1 is 0.943 bits per heavy atom. The van der Waals surface area contributed by atoms with Gasteiger partial charge >= 0.3 is 0 Å². The predicted molar refractivity (Wildman–Crippen MR) is 149 cm³/mol. The van der Waals surface area contributed by atoms with Crippen molar-refractivity contribution in [1.82, 2.24) is 0 Å². The van der Waals surface area contributed by atoms with E-state index in [0.717, 1.165) is 34.6 Å². The molecule has 1 heterocycles. The number of nitro benzene ring substituents is 1. The van der Waals surface area contributed by atoms with Gasteiger partial charge in [-0.2, -0.15) is 5.10 Å². The number of benzene rings is 4. The van der Waals surface area contributed by atoms with Crippen molar-refractivity contribution in [2.45, 2.75) is 12.5 Å². The van der Waals surface area contributed by atoms with Crippen molar-refractivity contribution >= 4 is 51.6 Å². The second-order valence-corrected chi connectivity index (χ2v) is 9.29. The monoisotopic (exact) mass is 572 g/mol. The zero-order valence-corrected chi connectivity index (χ0v) is 20.8. The van der Waals surface area contributed by atoms with Gasteiger partial charge in [0.25, 0.3) is 5.69 Å². The summed E-state index contributed by atoms with van der Waals surface area (Å²) < 4.78 is 1.22. The number of para-hydroxylation sites is 1. The topological polar surface area (TPSA) is 71.1 Å². The van der Waals surface area contributed by atoms with Crippen LogP contribution in [0.5, 0.6) is 0 Å². The average Bonchev–Trinajstić information content (AvgIpc) is 3.34. The summed E-state index contributed by atoms with van der Waals surface area (Å²) in [5, 5.41) is 18.0. The Hall–Kier alpha value is -3.85. The van der Waals surface area contributed by atoms with Crippen molar-refractivity contribution < 1.29 is 4.92 Å². The third kappa shape index (κ3) is 5.14. The van der Waals surface area contributed by atoms with E-state index in [1.165, 1.54) is 21.3 Å². The highest BCUT2D eigenvalue weighted by atomic mass is 127. The maximum atomic E-state index is 10.9. The number of anilines is 1. The Morgan fingerprint density at radius 2 is 1.69 bits per heavy atom. The lowest BCUT2D eigenvalue weighted by atomic mass is 9.98. The first-order chi connectivity index (χ1) is 17.1. The molecular weight excluding hydrogens is 551 g/mol. The maximum Gasteiger partial charge on any atom is 0.269 e. The van der Waals surface area contributed by atoms with Crippen LogP contribution in [-0.4, -0.2) is 16.8 Å². The highest BCUT2D eigenvalue weighted by Gasteiger charge is 2.31. The van der Waals surface area contributed by atoms with Crippen LogP contribution < -0.4 is 5.01 Å². The van der Waals surface area contributed by atoms with Crippen LogP contribution in [0, 0.1) is 13.7 Å². The SMILES string of the molecule is O=[N+]([O-])c1ccc(C=Nc2cccc(C3=NN(c4ccccc4)C(c4ccccc4I)C3)c2)cc1. The van der Waals surface area contributed by atoms with E-state index in [0.29, 0.717) is 0 Å². The molecule has 4 aromatic rings. The van der Waals surface area contributed by atoms with Gasteiger partial charge < -0.3 is 0 Å². The number of halogens is 1. The van der Waals surface area contributed by atoms with E-state index in [1.807, 2.05) is 36.4 Å². The lowest BCUT2D eigenvalue weighted by Crippen LogP contribution is -2.19. The number of hydrogen-bond acceptors (Lipinski definition) is 5. The minimum Gasteiger partial charge on any atom is -0.258 e. The van der Waals surface area contributed by atoms with Crippen molar-refractivity contribution in [1.29, 1.82) is 0 Å². The smallest absolute Gasteiger partial charge is 0.258 e. The minimum absolute atomic E-state index is 0.0639. The Balaban J connectivity index is 1.44. The number of non-ortho nitro benzene ring substituents is 1. The van der Waals surface area contributed by atoms with Crippen LogP contribution >= 0.6 is 22.6 Å². The Morgan fingerprint density at radius 3 is 2.43 bits per heavy atom. The van der Waals surface area contributed by atoms with Crippen LogP contribution in [-0.2, 0) is 0 Å². The Kier molecular flexibility index (Phi) is 6.67. The molecule has 5 rings (SSSR count). The van der Waals surface area contributed by atoms with E-state index in [4.69, 9.17) is 5.10 Å². The quantitative estimate of drug-likeness (QED) is 0.105. The number of hydrazone groups is 1. The van der Waals surface area contributed by atoms with Crippen molar-refractivity contribution in [2.24, 2.45) is 10.1 Å². The average molecular weight is 572 g/mol. The Labute approximate surface area is 216 Å². The molecule has 1 unspecified atom stereocenters. The molecule has 4 aromatic carbocycles. The number of nitro groups is 1. The van der Waals surface area contributed by atoms with E-state index >= 15 is 0 Å². The molecule has 0 bridgehead atoms. The summed E-state index contributed by atoms with van der Waals surface area (Å²) in [6.45, 7) is 0. The summed E-state index contributed by atoms with van der Waals surface area (Å²) in [7, 11) is 0. The third-order valence-corrected chi connectivity index (χ3v) is 6.82. The molecule has 0 fully saturated rings. The second-order valence-electron chi connectivity index (χ2n) is 8.13. The first-order valence-electron chi connectivity index (χ1n) is 11.1. The first-order valence-corrected chi connectivity index (χ1v) is 12.2. The van der Waals surface area contributed by atoms with E-state index in [1.54, 1.807) is 18.3 Å². The number of nitrogens with zero attached hydrogens (tertiary/aromatic N) is 4. The molecule has 7 heteroatoms. The zero-order valence-electron chi connectivity index (χ0n) is 18.7. The lowest BCUT2D eigenvalue weighted by molar-refractivity contribution is -0.384.